The summed E-state index contributed by atoms with van der Waals surface area (Å²) in [5.74, 6) is 0.437. The molecule has 3 heterocycles. The summed E-state index contributed by atoms with van der Waals surface area (Å²) in [4.78, 5) is 22.6. The third kappa shape index (κ3) is 4.49. The fourth-order valence-corrected chi connectivity index (χ4v) is 6.17. The van der Waals surface area contributed by atoms with Crippen LogP contribution in [0.15, 0.2) is 54.6 Å². The van der Waals surface area contributed by atoms with E-state index >= 15 is 0 Å². The van der Waals surface area contributed by atoms with Crippen LogP contribution >= 0.6 is 0 Å². The number of aromatic nitrogens is 3. The van der Waals surface area contributed by atoms with E-state index in [-0.39, 0.29) is 29.1 Å². The number of pyridine rings is 1. The van der Waals surface area contributed by atoms with Crippen molar-refractivity contribution < 1.29 is 22.3 Å². The Bertz CT molecular complexity index is 1550. The summed E-state index contributed by atoms with van der Waals surface area (Å²) in [6.45, 7) is 1.78. The molecular weight excluding hydrogens is 471 g/mol. The van der Waals surface area contributed by atoms with Crippen LogP contribution in [0, 0.1) is 12.7 Å². The van der Waals surface area contributed by atoms with Gasteiger partial charge in [0.05, 0.1) is 35.9 Å². The van der Waals surface area contributed by atoms with Gasteiger partial charge in [0.25, 0.3) is 5.91 Å². The number of nitrogens with one attached hydrogen (secondary N) is 1. The number of benzene rings is 2. The zero-order chi connectivity index (χ0) is 24.7. The molecular formula is C25H23FN4O4S. The fourth-order valence-electron chi connectivity index (χ4n) is 4.47. The number of ether oxygens (including phenoxy) is 1. The minimum atomic E-state index is -3.14. The second kappa shape index (κ2) is 8.77. The zero-order valence-corrected chi connectivity index (χ0v) is 20.0. The number of hydrogen-bond donors (Lipinski definition) is 1. The lowest BCUT2D eigenvalue weighted by atomic mass is 10.1. The number of methoxy groups -OCH3 is 1. The van der Waals surface area contributed by atoms with Crippen molar-refractivity contribution in [2.45, 2.75) is 19.4 Å². The van der Waals surface area contributed by atoms with Crippen molar-refractivity contribution in [2.24, 2.45) is 0 Å². The van der Waals surface area contributed by atoms with Gasteiger partial charge in [0.2, 0.25) is 0 Å². The maximum Gasteiger partial charge on any atom is 0.276 e. The number of anilines is 1. The van der Waals surface area contributed by atoms with E-state index in [4.69, 9.17) is 4.74 Å². The number of carbonyl (C=O) groups excluding carboxylic acids is 1. The van der Waals surface area contributed by atoms with Gasteiger partial charge in [-0.3, -0.25) is 4.79 Å². The van der Waals surface area contributed by atoms with Gasteiger partial charge in [-0.2, -0.15) is 0 Å². The number of fused-ring (bicyclic) bond motifs is 1. The van der Waals surface area contributed by atoms with Crippen LogP contribution in [0.1, 0.15) is 28.8 Å². The fraction of sp³-hybridized carbons (Fsp3) is 0.240. The Morgan fingerprint density at radius 1 is 1.14 bits per heavy atom. The molecule has 1 aliphatic heterocycles. The lowest BCUT2D eigenvalue weighted by Gasteiger charge is -2.15. The number of halogens is 1. The predicted molar refractivity (Wildman–Crippen MR) is 131 cm³/mol. The molecule has 10 heteroatoms. The molecule has 1 N–H and O–H groups in total. The summed E-state index contributed by atoms with van der Waals surface area (Å²) in [5.41, 5.74) is 2.66. The summed E-state index contributed by atoms with van der Waals surface area (Å²) in [6.07, 6.45) is 0.466. The molecule has 1 aliphatic rings. The van der Waals surface area contributed by atoms with Gasteiger partial charge in [-0.05, 0) is 55.8 Å². The Morgan fingerprint density at radius 2 is 1.91 bits per heavy atom. The van der Waals surface area contributed by atoms with Crippen LogP contribution in [0.3, 0.4) is 0 Å². The SMILES string of the molecule is COc1cccc(NC(=O)c2nc(-c3ccc(F)cc3)cc3c2nc(C)n3C2CCS(=O)(=O)C2)c1. The highest BCUT2D eigenvalue weighted by Crippen LogP contribution is 2.33. The minimum Gasteiger partial charge on any atom is -0.497 e. The number of carbonyl (C=O) groups is 1. The normalized spacial score (nSPS) is 16.9. The summed E-state index contributed by atoms with van der Waals surface area (Å²) in [7, 11) is -1.61. The molecule has 1 fully saturated rings. The number of nitrogens with zero attached hydrogens (tertiary/aromatic N) is 3. The topological polar surface area (TPSA) is 103 Å². The van der Waals surface area contributed by atoms with Crippen molar-refractivity contribution in [3.63, 3.8) is 0 Å². The first kappa shape index (κ1) is 23.0. The smallest absolute Gasteiger partial charge is 0.276 e. The molecule has 35 heavy (non-hydrogen) atoms. The first-order chi connectivity index (χ1) is 16.7. The molecule has 5 rings (SSSR count). The van der Waals surface area contributed by atoms with E-state index in [1.165, 1.54) is 19.2 Å². The van der Waals surface area contributed by atoms with Crippen LogP contribution in [0.5, 0.6) is 5.75 Å². The number of aryl methyl sites for hydroxylation is 1. The molecule has 0 aliphatic carbocycles. The maximum atomic E-state index is 13.5. The Kier molecular flexibility index (Phi) is 5.76. The van der Waals surface area contributed by atoms with Crippen molar-refractivity contribution in [1.29, 1.82) is 0 Å². The Hall–Kier alpha value is -3.79. The van der Waals surface area contributed by atoms with Crippen molar-refractivity contribution in [3.05, 3.63) is 71.9 Å². The Balaban J connectivity index is 1.66. The van der Waals surface area contributed by atoms with Gasteiger partial charge in [-0.25, -0.2) is 22.8 Å². The summed E-state index contributed by atoms with van der Waals surface area (Å²) in [6, 6.07) is 14.2. The predicted octanol–water partition coefficient (Wildman–Crippen LogP) is 4.17. The summed E-state index contributed by atoms with van der Waals surface area (Å²) in [5, 5.41) is 2.84. The second-order valence-electron chi connectivity index (χ2n) is 8.50. The van der Waals surface area contributed by atoms with E-state index in [0.29, 0.717) is 46.0 Å². The van der Waals surface area contributed by atoms with Gasteiger partial charge in [0, 0.05) is 17.3 Å². The van der Waals surface area contributed by atoms with Gasteiger partial charge < -0.3 is 14.6 Å². The first-order valence-electron chi connectivity index (χ1n) is 11.1. The van der Waals surface area contributed by atoms with Crippen molar-refractivity contribution in [2.75, 3.05) is 23.9 Å². The van der Waals surface area contributed by atoms with E-state index in [2.05, 4.69) is 15.3 Å². The van der Waals surface area contributed by atoms with Crippen LogP contribution in [0.4, 0.5) is 10.1 Å². The van der Waals surface area contributed by atoms with Crippen molar-refractivity contribution >= 4 is 32.5 Å². The summed E-state index contributed by atoms with van der Waals surface area (Å²) >= 11 is 0. The third-order valence-electron chi connectivity index (χ3n) is 6.11. The van der Waals surface area contributed by atoms with Gasteiger partial charge >= 0.3 is 0 Å². The van der Waals surface area contributed by atoms with E-state index in [9.17, 15) is 17.6 Å². The van der Waals surface area contributed by atoms with E-state index in [1.807, 2.05) is 4.57 Å². The van der Waals surface area contributed by atoms with E-state index in [0.717, 1.165) is 0 Å². The van der Waals surface area contributed by atoms with Crippen LogP contribution in [-0.2, 0) is 9.84 Å². The molecule has 1 amide bonds. The molecule has 1 saturated heterocycles. The molecule has 1 atom stereocenters. The minimum absolute atomic E-state index is 0.0127. The molecule has 2 aromatic heterocycles. The maximum absolute atomic E-state index is 13.5. The number of amides is 1. The lowest BCUT2D eigenvalue weighted by molar-refractivity contribution is 0.102. The highest BCUT2D eigenvalue weighted by Gasteiger charge is 2.32. The van der Waals surface area contributed by atoms with Gasteiger partial charge in [-0.1, -0.05) is 6.07 Å². The molecule has 0 bridgehead atoms. The van der Waals surface area contributed by atoms with E-state index < -0.39 is 15.7 Å². The highest BCUT2D eigenvalue weighted by atomic mass is 32.2. The van der Waals surface area contributed by atoms with Gasteiger partial charge in [0.15, 0.2) is 15.5 Å². The number of sulfone groups is 1. The number of imidazole rings is 1. The van der Waals surface area contributed by atoms with Crippen LogP contribution in [-0.4, -0.2) is 47.5 Å². The Labute approximate surface area is 201 Å². The molecule has 0 saturated carbocycles. The first-order valence-corrected chi connectivity index (χ1v) is 12.9. The largest absolute Gasteiger partial charge is 0.497 e. The number of hydrogen-bond acceptors (Lipinski definition) is 6. The molecule has 2 aromatic carbocycles. The molecule has 180 valence electrons. The molecule has 0 radical (unpaired) electrons. The number of rotatable bonds is 5. The monoisotopic (exact) mass is 494 g/mol. The molecule has 0 spiro atoms. The molecule has 4 aromatic rings. The van der Waals surface area contributed by atoms with Gasteiger partial charge in [0.1, 0.15) is 22.9 Å². The van der Waals surface area contributed by atoms with Crippen molar-refractivity contribution in [3.8, 4) is 17.0 Å². The average molecular weight is 495 g/mol. The standard InChI is InChI=1S/C25H23FN4O4S/c1-15-27-23-22(30(15)19-10-11-35(32,33)14-19)13-21(16-6-8-17(26)9-7-16)29-24(23)25(31)28-18-4-3-5-20(12-18)34-2/h3-9,12-13,19H,10-11,14H2,1-2H3,(H,28,31). The van der Waals surface area contributed by atoms with Crippen LogP contribution < -0.4 is 10.1 Å². The third-order valence-corrected chi connectivity index (χ3v) is 7.86. The highest BCUT2D eigenvalue weighted by molar-refractivity contribution is 7.91. The van der Waals surface area contributed by atoms with Gasteiger partial charge in [-0.15, -0.1) is 0 Å². The molecule has 1 unspecified atom stereocenters. The van der Waals surface area contributed by atoms with E-state index in [1.54, 1.807) is 49.4 Å². The van der Waals surface area contributed by atoms with Crippen molar-refractivity contribution in [1.82, 2.24) is 14.5 Å². The average Bonchev–Trinajstić information content (AvgIpc) is 3.36. The second-order valence-corrected chi connectivity index (χ2v) is 10.7. The van der Waals surface area contributed by atoms with Crippen LogP contribution in [0.25, 0.3) is 22.3 Å². The lowest BCUT2D eigenvalue weighted by Crippen LogP contribution is -2.15. The zero-order valence-electron chi connectivity index (χ0n) is 19.2. The molecule has 8 nitrogen and oxygen atoms in total. The Morgan fingerprint density at radius 3 is 2.60 bits per heavy atom. The van der Waals surface area contributed by atoms with Crippen LogP contribution in [0.2, 0.25) is 0 Å². The summed E-state index contributed by atoms with van der Waals surface area (Å²) < 4.78 is 45.0. The quantitative estimate of drug-likeness (QED) is 0.447.